The highest BCUT2D eigenvalue weighted by Crippen LogP contribution is 2.32. The van der Waals surface area contributed by atoms with Crippen molar-refractivity contribution < 1.29 is 23.2 Å². The normalized spacial score (nSPS) is 11.5. The molecule has 1 aromatic heterocycles. The molecule has 194 valence electrons. The Labute approximate surface area is 219 Å². The molecule has 0 radical (unpaired) electrons. The second-order valence-electron chi connectivity index (χ2n) is 8.77. The Morgan fingerprint density at radius 3 is 2.24 bits per heavy atom. The van der Waals surface area contributed by atoms with Crippen LogP contribution in [-0.4, -0.2) is 23.0 Å². The molecule has 0 saturated carbocycles. The average molecular weight is 515 g/mol. The smallest absolute Gasteiger partial charge is 0.412 e. The Morgan fingerprint density at radius 1 is 1.00 bits per heavy atom. The average Bonchev–Trinajstić information content (AvgIpc) is 3.24. The van der Waals surface area contributed by atoms with Gasteiger partial charge in [-0.05, 0) is 36.6 Å². The minimum Gasteiger partial charge on any atom is -0.441 e. The molecule has 0 aliphatic rings. The summed E-state index contributed by atoms with van der Waals surface area (Å²) < 4.78 is 24.7. The van der Waals surface area contributed by atoms with E-state index in [-0.39, 0.29) is 17.3 Å². The van der Waals surface area contributed by atoms with Gasteiger partial charge < -0.3 is 14.6 Å². The number of carbonyl (C=O) groups excluding carboxylic acids is 2. The largest absolute Gasteiger partial charge is 0.441 e. The van der Waals surface area contributed by atoms with Crippen LogP contribution in [0.4, 0.5) is 14.9 Å². The van der Waals surface area contributed by atoms with E-state index in [1.807, 2.05) is 48.5 Å². The Hall–Kier alpha value is -4.79. The molecule has 1 atom stereocenters. The molecule has 3 aromatic carbocycles. The molecule has 0 saturated heterocycles. The van der Waals surface area contributed by atoms with Crippen molar-refractivity contribution in [3.63, 3.8) is 0 Å². The molecular weight excluding hydrogens is 487 g/mol. The van der Waals surface area contributed by atoms with E-state index in [2.05, 4.69) is 15.8 Å². The van der Waals surface area contributed by atoms with Gasteiger partial charge in [-0.15, -0.1) is 0 Å². The van der Waals surface area contributed by atoms with Crippen LogP contribution < -0.4 is 10.6 Å². The molecule has 0 unspecified atom stereocenters. The molecule has 4 aromatic rings. The van der Waals surface area contributed by atoms with Gasteiger partial charge in [0.2, 0.25) is 5.91 Å². The number of benzene rings is 3. The van der Waals surface area contributed by atoms with Gasteiger partial charge in [0.25, 0.3) is 0 Å². The second kappa shape index (κ2) is 11.5. The molecule has 0 spiro atoms. The van der Waals surface area contributed by atoms with E-state index >= 15 is 0 Å². The van der Waals surface area contributed by atoms with Crippen LogP contribution in [0, 0.1) is 18.2 Å². The summed E-state index contributed by atoms with van der Waals surface area (Å²) in [5.41, 5.74) is 4.67. The second-order valence-corrected chi connectivity index (χ2v) is 8.77. The highest BCUT2D eigenvalue weighted by atomic mass is 19.1. The number of ether oxygens (including phenoxy) is 1. The third kappa shape index (κ3) is 6.31. The van der Waals surface area contributed by atoms with E-state index in [9.17, 15) is 14.0 Å². The van der Waals surface area contributed by atoms with Crippen LogP contribution in [0.5, 0.6) is 0 Å². The molecule has 38 heavy (non-hydrogen) atoms. The van der Waals surface area contributed by atoms with Crippen LogP contribution in [0.2, 0.25) is 0 Å². The minimum atomic E-state index is -0.790. The van der Waals surface area contributed by atoms with E-state index in [1.165, 1.54) is 13.0 Å². The fourth-order valence-corrected chi connectivity index (χ4v) is 3.97. The Morgan fingerprint density at radius 2 is 1.61 bits per heavy atom. The predicted octanol–water partition coefficient (Wildman–Crippen LogP) is 6.42. The first-order chi connectivity index (χ1) is 18.2. The van der Waals surface area contributed by atoms with Crippen molar-refractivity contribution in [1.82, 2.24) is 10.5 Å². The van der Waals surface area contributed by atoms with E-state index in [0.29, 0.717) is 23.6 Å². The first-order valence-electron chi connectivity index (χ1n) is 11.9. The van der Waals surface area contributed by atoms with E-state index < -0.39 is 18.0 Å². The standard InChI is InChI=1S/C29H27FN4O4/c1-17(24-6-4-5-7-25(24)30)37-29(36)33-27-18(2)38-34-28(27)23-14-12-22(13-15-23)21-10-8-20(9-11-21)16-26(31)32-19(3)35/h4-15,17H,16H2,1-3H3,(H,33,36)(H2,31,32,35)/t17-/m1/s1. The van der Waals surface area contributed by atoms with Gasteiger partial charge in [0.15, 0.2) is 5.76 Å². The summed E-state index contributed by atoms with van der Waals surface area (Å²) in [7, 11) is 0. The van der Waals surface area contributed by atoms with Crippen molar-refractivity contribution in [2.45, 2.75) is 33.3 Å². The van der Waals surface area contributed by atoms with Gasteiger partial charge in [0, 0.05) is 24.5 Å². The van der Waals surface area contributed by atoms with Crippen molar-refractivity contribution in [2.75, 3.05) is 5.32 Å². The third-order valence-electron chi connectivity index (χ3n) is 5.87. The maximum atomic E-state index is 14.0. The predicted molar refractivity (Wildman–Crippen MR) is 142 cm³/mol. The molecule has 9 heteroatoms. The lowest BCUT2D eigenvalue weighted by molar-refractivity contribution is -0.117. The van der Waals surface area contributed by atoms with Crippen LogP contribution in [0.25, 0.3) is 22.4 Å². The van der Waals surface area contributed by atoms with Gasteiger partial charge in [0.1, 0.15) is 29.1 Å². The summed E-state index contributed by atoms with van der Waals surface area (Å²) in [6, 6.07) is 21.4. The van der Waals surface area contributed by atoms with Gasteiger partial charge >= 0.3 is 6.09 Å². The lowest BCUT2D eigenvalue weighted by Gasteiger charge is -2.15. The Bertz CT molecular complexity index is 1460. The number of amides is 2. The minimum absolute atomic E-state index is 0.146. The molecule has 3 N–H and O–H groups in total. The summed E-state index contributed by atoms with van der Waals surface area (Å²) in [5, 5.41) is 17.1. The molecule has 0 aliphatic carbocycles. The number of aromatic nitrogens is 1. The number of amidine groups is 1. The number of hydrogen-bond acceptors (Lipinski definition) is 6. The van der Waals surface area contributed by atoms with Crippen LogP contribution >= 0.6 is 0 Å². The van der Waals surface area contributed by atoms with Crippen molar-refractivity contribution >= 4 is 23.5 Å². The highest BCUT2D eigenvalue weighted by molar-refractivity contribution is 5.96. The number of aryl methyl sites for hydroxylation is 1. The lowest BCUT2D eigenvalue weighted by Crippen LogP contribution is -2.28. The SMILES string of the molecule is CC(=O)NC(=N)Cc1ccc(-c2ccc(-c3noc(C)c3NC(=O)O[C@H](C)c3ccccc3F)cc2)cc1. The molecule has 8 nitrogen and oxygen atoms in total. The summed E-state index contributed by atoms with van der Waals surface area (Å²) >= 11 is 0. The number of carbonyl (C=O) groups is 2. The van der Waals surface area contributed by atoms with Crippen molar-refractivity contribution in [3.8, 4) is 22.4 Å². The summed E-state index contributed by atoms with van der Waals surface area (Å²) in [6.45, 7) is 4.65. The van der Waals surface area contributed by atoms with Crippen molar-refractivity contribution in [1.29, 1.82) is 5.41 Å². The molecule has 4 rings (SSSR count). The highest BCUT2D eigenvalue weighted by Gasteiger charge is 2.21. The summed E-state index contributed by atoms with van der Waals surface area (Å²) in [5.74, 6) is -0.164. The van der Waals surface area contributed by atoms with Gasteiger partial charge in [-0.2, -0.15) is 0 Å². The molecule has 1 heterocycles. The topological polar surface area (TPSA) is 117 Å². The fourth-order valence-electron chi connectivity index (χ4n) is 3.97. The van der Waals surface area contributed by atoms with Gasteiger partial charge in [-0.3, -0.25) is 15.5 Å². The first-order valence-corrected chi connectivity index (χ1v) is 11.9. The summed E-state index contributed by atoms with van der Waals surface area (Å²) in [4.78, 5) is 23.7. The molecule has 0 aliphatic heterocycles. The van der Waals surface area contributed by atoms with Crippen LogP contribution in [0.1, 0.15) is 36.8 Å². The number of hydrogen-bond donors (Lipinski definition) is 3. The first kappa shape index (κ1) is 26.3. The Balaban J connectivity index is 1.44. The Kier molecular flexibility index (Phi) is 7.96. The fraction of sp³-hybridized carbons (Fsp3) is 0.172. The monoisotopic (exact) mass is 514 g/mol. The van der Waals surface area contributed by atoms with E-state index in [1.54, 1.807) is 32.0 Å². The molecule has 0 fully saturated rings. The molecule has 0 bridgehead atoms. The van der Waals surface area contributed by atoms with E-state index in [0.717, 1.165) is 22.3 Å². The number of nitrogens with one attached hydrogen (secondary N) is 3. The third-order valence-corrected chi connectivity index (χ3v) is 5.87. The van der Waals surface area contributed by atoms with Crippen LogP contribution in [0.15, 0.2) is 77.3 Å². The maximum Gasteiger partial charge on any atom is 0.412 e. The quantitative estimate of drug-likeness (QED) is 0.194. The van der Waals surface area contributed by atoms with E-state index in [4.69, 9.17) is 14.7 Å². The number of rotatable bonds is 7. The number of nitrogens with zero attached hydrogens (tertiary/aromatic N) is 1. The van der Waals surface area contributed by atoms with Crippen molar-refractivity contribution in [2.24, 2.45) is 0 Å². The van der Waals surface area contributed by atoms with Crippen LogP contribution in [0.3, 0.4) is 0 Å². The van der Waals surface area contributed by atoms with Gasteiger partial charge in [0.05, 0.1) is 0 Å². The molecular formula is C29H27FN4O4. The zero-order valence-electron chi connectivity index (χ0n) is 21.2. The zero-order valence-corrected chi connectivity index (χ0v) is 21.2. The van der Waals surface area contributed by atoms with Crippen LogP contribution in [-0.2, 0) is 16.0 Å². The van der Waals surface area contributed by atoms with Gasteiger partial charge in [-0.25, -0.2) is 9.18 Å². The summed E-state index contributed by atoms with van der Waals surface area (Å²) in [6.07, 6.45) is -1.21. The number of anilines is 1. The maximum absolute atomic E-state index is 14.0. The zero-order chi connectivity index (χ0) is 27.2. The van der Waals surface area contributed by atoms with Crippen molar-refractivity contribution in [3.05, 3.63) is 95.5 Å². The molecule has 2 amide bonds. The number of halogens is 1. The lowest BCUT2D eigenvalue weighted by atomic mass is 10.0. The van der Waals surface area contributed by atoms with Gasteiger partial charge in [-0.1, -0.05) is 71.9 Å².